The molecule has 2 rings (SSSR count). The first kappa shape index (κ1) is 13.4. The highest BCUT2D eigenvalue weighted by atomic mass is 15.2. The highest BCUT2D eigenvalue weighted by Gasteiger charge is 2.40. The number of hydrogen-bond acceptors (Lipinski definition) is 2. The Labute approximate surface area is 107 Å². The van der Waals surface area contributed by atoms with Crippen molar-refractivity contribution in [2.45, 2.75) is 70.9 Å². The summed E-state index contributed by atoms with van der Waals surface area (Å²) in [5.74, 6) is 1.70. The van der Waals surface area contributed by atoms with Gasteiger partial charge in [0.2, 0.25) is 0 Å². The minimum atomic E-state index is 0.405. The maximum absolute atomic E-state index is 6.35. The maximum Gasteiger partial charge on any atom is 0.0176 e. The number of nitrogens with two attached hydrogens (primary N) is 1. The van der Waals surface area contributed by atoms with Gasteiger partial charge in [-0.15, -0.1) is 0 Å². The fourth-order valence-corrected chi connectivity index (χ4v) is 3.89. The Bertz CT molecular complexity index is 247. The van der Waals surface area contributed by atoms with Crippen molar-refractivity contribution in [1.82, 2.24) is 4.90 Å². The van der Waals surface area contributed by atoms with E-state index in [-0.39, 0.29) is 0 Å². The summed E-state index contributed by atoms with van der Waals surface area (Å²) >= 11 is 0. The van der Waals surface area contributed by atoms with Gasteiger partial charge in [0.05, 0.1) is 0 Å². The average Bonchev–Trinajstić information content (AvgIpc) is 2.38. The van der Waals surface area contributed by atoms with Crippen LogP contribution < -0.4 is 5.73 Å². The fourth-order valence-electron chi connectivity index (χ4n) is 3.89. The van der Waals surface area contributed by atoms with Crippen LogP contribution in [0.2, 0.25) is 0 Å². The first-order valence-corrected chi connectivity index (χ1v) is 7.61. The SMILES string of the molecule is CCC(C)(CC)N1CCC2CCCC(N)C2C1. The Morgan fingerprint density at radius 2 is 1.88 bits per heavy atom. The molecule has 2 aliphatic rings. The van der Waals surface area contributed by atoms with E-state index in [1.165, 1.54) is 51.6 Å². The molecule has 0 aromatic carbocycles. The van der Waals surface area contributed by atoms with Crippen LogP contribution >= 0.6 is 0 Å². The summed E-state index contributed by atoms with van der Waals surface area (Å²) < 4.78 is 0. The van der Waals surface area contributed by atoms with E-state index < -0.39 is 0 Å². The Morgan fingerprint density at radius 3 is 2.53 bits per heavy atom. The van der Waals surface area contributed by atoms with Crippen LogP contribution in [0, 0.1) is 11.8 Å². The molecule has 1 saturated heterocycles. The molecule has 1 heterocycles. The minimum absolute atomic E-state index is 0.405. The first-order valence-electron chi connectivity index (χ1n) is 7.61. The van der Waals surface area contributed by atoms with Crippen LogP contribution in [0.3, 0.4) is 0 Å². The number of piperidine rings is 1. The average molecular weight is 238 g/mol. The van der Waals surface area contributed by atoms with Gasteiger partial charge in [-0.3, -0.25) is 4.90 Å². The lowest BCUT2D eigenvalue weighted by molar-refractivity contribution is 0.000648. The Hall–Kier alpha value is -0.0800. The molecule has 2 heteroatoms. The third-order valence-corrected chi connectivity index (χ3v) is 5.76. The molecule has 2 nitrogen and oxygen atoms in total. The van der Waals surface area contributed by atoms with E-state index in [0.717, 1.165) is 11.8 Å². The smallest absolute Gasteiger partial charge is 0.0176 e. The summed E-state index contributed by atoms with van der Waals surface area (Å²) in [4.78, 5) is 2.74. The summed E-state index contributed by atoms with van der Waals surface area (Å²) in [5, 5.41) is 0. The second-order valence-electron chi connectivity index (χ2n) is 6.46. The van der Waals surface area contributed by atoms with Crippen LogP contribution in [0.4, 0.5) is 0 Å². The largest absolute Gasteiger partial charge is 0.327 e. The van der Waals surface area contributed by atoms with Crippen LogP contribution in [-0.2, 0) is 0 Å². The first-order chi connectivity index (χ1) is 8.10. The molecular weight excluding hydrogens is 208 g/mol. The monoisotopic (exact) mass is 238 g/mol. The van der Waals surface area contributed by atoms with Gasteiger partial charge in [0.1, 0.15) is 0 Å². The van der Waals surface area contributed by atoms with Gasteiger partial charge in [-0.25, -0.2) is 0 Å². The maximum atomic E-state index is 6.35. The molecule has 100 valence electrons. The van der Waals surface area contributed by atoms with Crippen molar-refractivity contribution in [3.05, 3.63) is 0 Å². The molecule has 17 heavy (non-hydrogen) atoms. The number of likely N-dealkylation sites (tertiary alicyclic amines) is 1. The third-order valence-electron chi connectivity index (χ3n) is 5.76. The predicted molar refractivity (Wildman–Crippen MR) is 74.0 cm³/mol. The number of hydrogen-bond donors (Lipinski definition) is 1. The lowest BCUT2D eigenvalue weighted by Crippen LogP contribution is -2.56. The van der Waals surface area contributed by atoms with Crippen LogP contribution in [0.5, 0.6) is 0 Å². The number of rotatable bonds is 3. The van der Waals surface area contributed by atoms with E-state index in [1.807, 2.05) is 0 Å². The Morgan fingerprint density at radius 1 is 1.18 bits per heavy atom. The Balaban J connectivity index is 2.04. The van der Waals surface area contributed by atoms with Crippen LogP contribution in [0.15, 0.2) is 0 Å². The Kier molecular flexibility index (Phi) is 4.14. The molecule has 3 unspecified atom stereocenters. The fraction of sp³-hybridized carbons (Fsp3) is 1.00. The lowest BCUT2D eigenvalue weighted by atomic mass is 9.71. The minimum Gasteiger partial charge on any atom is -0.327 e. The van der Waals surface area contributed by atoms with Crippen molar-refractivity contribution in [2.75, 3.05) is 13.1 Å². The molecule has 0 bridgehead atoms. The van der Waals surface area contributed by atoms with E-state index in [0.29, 0.717) is 11.6 Å². The van der Waals surface area contributed by atoms with Gasteiger partial charge in [0.15, 0.2) is 0 Å². The second-order valence-corrected chi connectivity index (χ2v) is 6.46. The third kappa shape index (κ3) is 2.53. The highest BCUT2D eigenvalue weighted by Crippen LogP contribution is 2.38. The molecule has 1 aliphatic heterocycles. The normalized spacial score (nSPS) is 35.6. The zero-order valence-electron chi connectivity index (χ0n) is 11.9. The van der Waals surface area contributed by atoms with Crippen molar-refractivity contribution in [3.8, 4) is 0 Å². The van der Waals surface area contributed by atoms with Crippen molar-refractivity contribution >= 4 is 0 Å². The van der Waals surface area contributed by atoms with Gasteiger partial charge in [-0.1, -0.05) is 20.3 Å². The van der Waals surface area contributed by atoms with E-state index in [4.69, 9.17) is 5.73 Å². The highest BCUT2D eigenvalue weighted by molar-refractivity contribution is 4.95. The van der Waals surface area contributed by atoms with Crippen molar-refractivity contribution in [1.29, 1.82) is 0 Å². The second kappa shape index (κ2) is 5.27. The van der Waals surface area contributed by atoms with Gasteiger partial charge in [-0.05, 0) is 57.4 Å². The van der Waals surface area contributed by atoms with E-state index in [9.17, 15) is 0 Å². The summed E-state index contributed by atoms with van der Waals surface area (Å²) in [6.45, 7) is 9.64. The zero-order chi connectivity index (χ0) is 12.5. The summed E-state index contributed by atoms with van der Waals surface area (Å²) in [5.41, 5.74) is 6.76. The molecule has 1 saturated carbocycles. The summed E-state index contributed by atoms with van der Waals surface area (Å²) in [6.07, 6.45) is 7.95. The molecule has 0 spiro atoms. The van der Waals surface area contributed by atoms with Gasteiger partial charge < -0.3 is 5.73 Å². The number of fused-ring (bicyclic) bond motifs is 1. The van der Waals surface area contributed by atoms with Crippen molar-refractivity contribution < 1.29 is 0 Å². The quantitative estimate of drug-likeness (QED) is 0.819. The molecule has 2 fully saturated rings. The topological polar surface area (TPSA) is 29.3 Å². The molecule has 1 aliphatic carbocycles. The van der Waals surface area contributed by atoms with E-state index >= 15 is 0 Å². The van der Waals surface area contributed by atoms with Crippen LogP contribution in [0.25, 0.3) is 0 Å². The standard InChI is InChI=1S/C15H30N2/c1-4-15(3,5-2)17-10-9-12-7-6-8-14(16)13(12)11-17/h12-14H,4-11,16H2,1-3H3. The van der Waals surface area contributed by atoms with Gasteiger partial charge >= 0.3 is 0 Å². The molecule has 2 N–H and O–H groups in total. The van der Waals surface area contributed by atoms with Gasteiger partial charge in [0, 0.05) is 18.1 Å². The molecule has 0 aromatic heterocycles. The van der Waals surface area contributed by atoms with Crippen molar-refractivity contribution in [3.63, 3.8) is 0 Å². The van der Waals surface area contributed by atoms with E-state index in [1.54, 1.807) is 0 Å². The molecule has 0 amide bonds. The van der Waals surface area contributed by atoms with Gasteiger partial charge in [0.25, 0.3) is 0 Å². The zero-order valence-corrected chi connectivity index (χ0v) is 11.9. The van der Waals surface area contributed by atoms with Gasteiger partial charge in [-0.2, -0.15) is 0 Å². The molecule has 0 radical (unpaired) electrons. The number of nitrogens with zero attached hydrogens (tertiary/aromatic N) is 1. The predicted octanol–water partition coefficient (Wildman–Crippen LogP) is 3.01. The summed E-state index contributed by atoms with van der Waals surface area (Å²) in [6, 6.07) is 0.467. The molecule has 0 aromatic rings. The molecule has 3 atom stereocenters. The lowest BCUT2D eigenvalue weighted by Gasteiger charge is -2.50. The van der Waals surface area contributed by atoms with Crippen LogP contribution in [-0.4, -0.2) is 29.6 Å². The summed E-state index contributed by atoms with van der Waals surface area (Å²) in [7, 11) is 0. The van der Waals surface area contributed by atoms with E-state index in [2.05, 4.69) is 25.7 Å². The van der Waals surface area contributed by atoms with Crippen LogP contribution in [0.1, 0.15) is 59.3 Å². The van der Waals surface area contributed by atoms with Crippen molar-refractivity contribution in [2.24, 2.45) is 17.6 Å². The molecular formula is C15H30N2.